The van der Waals surface area contributed by atoms with Gasteiger partial charge >= 0.3 is 0 Å². The number of rotatable bonds is 4. The number of carbonyl (C=O) groups excluding carboxylic acids is 1. The van der Waals surface area contributed by atoms with Crippen LogP contribution in [0, 0.1) is 5.92 Å². The summed E-state index contributed by atoms with van der Waals surface area (Å²) in [7, 11) is 0. The van der Waals surface area contributed by atoms with E-state index in [0.717, 1.165) is 19.6 Å². The fourth-order valence-corrected chi connectivity index (χ4v) is 2.25. The molecule has 0 bridgehead atoms. The highest BCUT2D eigenvalue weighted by Crippen LogP contribution is 2.30. The maximum absolute atomic E-state index is 12.3. The monoisotopic (exact) mass is 230 g/mol. The summed E-state index contributed by atoms with van der Waals surface area (Å²) in [5.74, 6) is 0.564. The van der Waals surface area contributed by atoms with Crippen LogP contribution in [0.15, 0.2) is 30.3 Å². The molecule has 1 aliphatic heterocycles. The fourth-order valence-electron chi connectivity index (χ4n) is 2.25. The molecule has 2 fully saturated rings. The van der Waals surface area contributed by atoms with Crippen LogP contribution in [0.5, 0.6) is 0 Å². The second-order valence-corrected chi connectivity index (χ2v) is 5.04. The summed E-state index contributed by atoms with van der Waals surface area (Å²) < 4.78 is 0. The Bertz CT molecular complexity index is 396. The minimum absolute atomic E-state index is 0.222. The molecular weight excluding hydrogens is 212 g/mol. The normalized spacial score (nSPS) is 19.8. The summed E-state index contributed by atoms with van der Waals surface area (Å²) in [6.07, 6.45) is 2.36. The Labute approximate surface area is 102 Å². The van der Waals surface area contributed by atoms with Crippen molar-refractivity contribution < 1.29 is 4.79 Å². The largest absolute Gasteiger partial charge is 0.335 e. The lowest BCUT2D eigenvalue weighted by Gasteiger charge is -2.32. The number of carbonyl (C=O) groups is 1. The van der Waals surface area contributed by atoms with Gasteiger partial charge in [0.05, 0.1) is 5.92 Å². The molecule has 1 saturated carbocycles. The maximum atomic E-state index is 12.3. The zero-order valence-corrected chi connectivity index (χ0v) is 9.93. The van der Waals surface area contributed by atoms with Crippen molar-refractivity contribution in [1.82, 2.24) is 10.2 Å². The molecule has 0 atom stereocenters. The van der Waals surface area contributed by atoms with E-state index in [9.17, 15) is 4.79 Å². The predicted molar refractivity (Wildman–Crippen MR) is 66.4 cm³/mol. The van der Waals surface area contributed by atoms with Crippen molar-refractivity contribution in [1.29, 1.82) is 0 Å². The number of amides is 1. The van der Waals surface area contributed by atoms with Crippen LogP contribution in [0.4, 0.5) is 0 Å². The van der Waals surface area contributed by atoms with E-state index in [2.05, 4.69) is 22.3 Å². The number of nitrogens with zero attached hydrogens (tertiary/aromatic N) is 1. The number of hydrogen-bond donors (Lipinski definition) is 1. The van der Waals surface area contributed by atoms with Crippen LogP contribution < -0.4 is 5.32 Å². The highest BCUT2D eigenvalue weighted by Gasteiger charge is 2.37. The molecule has 3 heteroatoms. The summed E-state index contributed by atoms with van der Waals surface area (Å²) in [6, 6.07) is 10.8. The average Bonchev–Trinajstić information content (AvgIpc) is 3.08. The van der Waals surface area contributed by atoms with Gasteiger partial charge in [-0.3, -0.25) is 4.79 Å². The van der Waals surface area contributed by atoms with Gasteiger partial charge in [0.1, 0.15) is 0 Å². The lowest BCUT2D eigenvalue weighted by Crippen LogP contribution is -2.52. The first-order valence-electron chi connectivity index (χ1n) is 6.40. The smallest absolute Gasteiger partial charge is 0.228 e. The third-order valence-corrected chi connectivity index (χ3v) is 3.60. The molecule has 17 heavy (non-hydrogen) atoms. The zero-order chi connectivity index (χ0) is 11.7. The third kappa shape index (κ3) is 2.34. The molecule has 1 saturated heterocycles. The molecule has 0 unspecified atom stereocenters. The topological polar surface area (TPSA) is 32.3 Å². The Morgan fingerprint density at radius 1 is 1.24 bits per heavy atom. The van der Waals surface area contributed by atoms with Crippen LogP contribution >= 0.6 is 0 Å². The Morgan fingerprint density at radius 2 is 1.94 bits per heavy atom. The molecule has 1 N–H and O–H groups in total. The molecule has 0 spiro atoms. The molecule has 1 aromatic carbocycles. The van der Waals surface area contributed by atoms with Crippen LogP contribution in [0.1, 0.15) is 18.4 Å². The SMILES string of the molecule is O=C(C1CNC1)N(Cc1ccccc1)C1CC1. The van der Waals surface area contributed by atoms with Gasteiger partial charge in [0.2, 0.25) is 5.91 Å². The van der Waals surface area contributed by atoms with Crippen molar-refractivity contribution in [3.05, 3.63) is 35.9 Å². The fraction of sp³-hybridized carbons (Fsp3) is 0.500. The Kier molecular flexibility index (Phi) is 2.85. The first-order chi connectivity index (χ1) is 8.34. The highest BCUT2D eigenvalue weighted by atomic mass is 16.2. The predicted octanol–water partition coefficient (Wildman–Crippen LogP) is 1.40. The zero-order valence-electron chi connectivity index (χ0n) is 9.93. The van der Waals surface area contributed by atoms with Gasteiger partial charge in [-0.2, -0.15) is 0 Å². The van der Waals surface area contributed by atoms with Gasteiger partial charge in [0.25, 0.3) is 0 Å². The van der Waals surface area contributed by atoms with Crippen LogP contribution in [0.3, 0.4) is 0 Å². The van der Waals surface area contributed by atoms with E-state index in [4.69, 9.17) is 0 Å². The molecule has 1 aliphatic carbocycles. The van der Waals surface area contributed by atoms with Gasteiger partial charge in [-0.25, -0.2) is 0 Å². The molecule has 0 aromatic heterocycles. The van der Waals surface area contributed by atoms with Crippen LogP contribution in [0.25, 0.3) is 0 Å². The van der Waals surface area contributed by atoms with Gasteiger partial charge < -0.3 is 10.2 Å². The number of benzene rings is 1. The van der Waals surface area contributed by atoms with Gasteiger partial charge in [0.15, 0.2) is 0 Å². The number of nitrogens with one attached hydrogen (secondary N) is 1. The summed E-state index contributed by atoms with van der Waals surface area (Å²) in [5.41, 5.74) is 1.24. The van der Waals surface area contributed by atoms with Gasteiger partial charge in [-0.1, -0.05) is 30.3 Å². The molecule has 90 valence electrons. The lowest BCUT2D eigenvalue weighted by molar-refractivity contribution is -0.138. The summed E-state index contributed by atoms with van der Waals surface area (Å²) >= 11 is 0. The summed E-state index contributed by atoms with van der Waals surface area (Å²) in [4.78, 5) is 14.4. The van der Waals surface area contributed by atoms with E-state index in [0.29, 0.717) is 11.9 Å². The number of hydrogen-bond acceptors (Lipinski definition) is 2. The van der Waals surface area contributed by atoms with Crippen molar-refractivity contribution in [2.45, 2.75) is 25.4 Å². The minimum Gasteiger partial charge on any atom is -0.335 e. The molecule has 3 nitrogen and oxygen atoms in total. The summed E-state index contributed by atoms with van der Waals surface area (Å²) in [6.45, 7) is 2.49. The molecule has 2 aliphatic rings. The Morgan fingerprint density at radius 3 is 2.47 bits per heavy atom. The average molecular weight is 230 g/mol. The van der Waals surface area contributed by atoms with Crippen LogP contribution in [0.2, 0.25) is 0 Å². The summed E-state index contributed by atoms with van der Waals surface area (Å²) in [5, 5.41) is 3.17. The van der Waals surface area contributed by atoms with Crippen LogP contribution in [-0.4, -0.2) is 29.9 Å². The van der Waals surface area contributed by atoms with Crippen molar-refractivity contribution in [3.8, 4) is 0 Å². The van der Waals surface area contributed by atoms with Crippen molar-refractivity contribution in [3.63, 3.8) is 0 Å². The van der Waals surface area contributed by atoms with Gasteiger partial charge in [-0.05, 0) is 18.4 Å². The maximum Gasteiger partial charge on any atom is 0.228 e. The second kappa shape index (κ2) is 4.49. The third-order valence-electron chi connectivity index (χ3n) is 3.60. The van der Waals surface area contributed by atoms with Gasteiger partial charge in [0, 0.05) is 25.7 Å². The van der Waals surface area contributed by atoms with E-state index in [1.54, 1.807) is 0 Å². The van der Waals surface area contributed by atoms with Crippen molar-refractivity contribution >= 4 is 5.91 Å². The first-order valence-corrected chi connectivity index (χ1v) is 6.40. The first kappa shape index (κ1) is 10.8. The molecule has 1 aromatic rings. The van der Waals surface area contributed by atoms with Crippen molar-refractivity contribution in [2.24, 2.45) is 5.92 Å². The van der Waals surface area contributed by atoms with E-state index in [1.165, 1.54) is 18.4 Å². The molecule has 0 radical (unpaired) electrons. The highest BCUT2D eigenvalue weighted by molar-refractivity contribution is 5.80. The standard InChI is InChI=1S/C14H18N2O/c17-14(12-8-15-9-12)16(13-6-7-13)10-11-4-2-1-3-5-11/h1-5,12-13,15H,6-10H2. The lowest BCUT2D eigenvalue weighted by atomic mass is 10.0. The molecule has 1 amide bonds. The minimum atomic E-state index is 0.222. The van der Waals surface area contributed by atoms with Crippen LogP contribution in [-0.2, 0) is 11.3 Å². The second-order valence-electron chi connectivity index (χ2n) is 5.04. The van der Waals surface area contributed by atoms with E-state index in [1.807, 2.05) is 18.2 Å². The van der Waals surface area contributed by atoms with Crippen molar-refractivity contribution in [2.75, 3.05) is 13.1 Å². The quantitative estimate of drug-likeness (QED) is 0.848. The molecule has 1 heterocycles. The van der Waals surface area contributed by atoms with E-state index >= 15 is 0 Å². The Hall–Kier alpha value is -1.35. The molecule has 3 rings (SSSR count). The molecular formula is C14H18N2O. The Balaban J connectivity index is 1.69. The van der Waals surface area contributed by atoms with E-state index in [-0.39, 0.29) is 5.92 Å². The van der Waals surface area contributed by atoms with Gasteiger partial charge in [-0.15, -0.1) is 0 Å². The van der Waals surface area contributed by atoms with E-state index < -0.39 is 0 Å².